The van der Waals surface area contributed by atoms with Gasteiger partial charge in [-0.15, -0.1) is 0 Å². The molecule has 0 amide bonds. The minimum Gasteiger partial charge on any atom is -0.462 e. The Hall–Kier alpha value is -2.81. The third-order valence-corrected chi connectivity index (χ3v) is 16.0. The van der Waals surface area contributed by atoms with Crippen LogP contribution in [0.15, 0.2) is 85.1 Å². The molecule has 0 bridgehead atoms. The van der Waals surface area contributed by atoms with Crippen LogP contribution >= 0.6 is 7.82 Å². The molecule has 0 aliphatic carbocycles. The van der Waals surface area contributed by atoms with E-state index in [2.05, 4.69) is 98.9 Å². The second kappa shape index (κ2) is 67.3. The zero-order chi connectivity index (χ0) is 59.4. The van der Waals surface area contributed by atoms with Crippen molar-refractivity contribution in [3.05, 3.63) is 85.1 Å². The monoisotopic (exact) mass is 1170 g/mol. The highest BCUT2D eigenvalue weighted by atomic mass is 31.2. The van der Waals surface area contributed by atoms with Crippen LogP contribution in [0.5, 0.6) is 0 Å². The average molecular weight is 1170 g/mol. The minimum absolute atomic E-state index is 0.0489. The third-order valence-electron chi connectivity index (χ3n) is 15.0. The van der Waals surface area contributed by atoms with E-state index >= 15 is 0 Å². The summed E-state index contributed by atoms with van der Waals surface area (Å²) < 4.78 is 33.2. The molecular formula is C72H130NO8P. The number of esters is 2. The summed E-state index contributed by atoms with van der Waals surface area (Å²) in [6.45, 7) is 3.66. The fraction of sp³-hybridized carbons (Fsp3) is 0.778. The summed E-state index contributed by atoms with van der Waals surface area (Å²) in [7, 11) is -4.40. The van der Waals surface area contributed by atoms with Crippen LogP contribution in [0, 0.1) is 0 Å². The van der Waals surface area contributed by atoms with E-state index in [1.807, 2.05) is 0 Å². The van der Waals surface area contributed by atoms with Crippen molar-refractivity contribution in [1.82, 2.24) is 0 Å². The maximum absolute atomic E-state index is 12.8. The molecule has 0 spiro atoms. The van der Waals surface area contributed by atoms with Gasteiger partial charge in [0.2, 0.25) is 0 Å². The number of ether oxygens (including phenoxy) is 2. The molecule has 0 rings (SSSR count). The van der Waals surface area contributed by atoms with Crippen LogP contribution in [0.1, 0.15) is 328 Å². The zero-order valence-corrected chi connectivity index (χ0v) is 54.4. The van der Waals surface area contributed by atoms with Gasteiger partial charge in [0, 0.05) is 19.4 Å². The standard InChI is InChI=1S/C72H130NO8P/c1-3-5-7-9-11-13-15-17-19-21-23-25-27-29-31-33-34-35-37-38-40-42-44-46-48-50-52-54-56-58-60-62-64-71(74)78-68-70(69-80-82(76,77)79-67-66-73)81-72(75)65-63-61-59-57-55-53-51-49-47-45-43-41-39-36-32-30-28-26-24-22-20-18-16-14-12-10-8-6-4-2/h6,8,12,14,18,20,24,26,30,32,39,41,45,47,70H,3-5,7,9-11,13,15-17,19,21-23,25,27-29,31,33-38,40,42-44,46,48-69,73H2,1-2H3,(H,76,77)/b8-6-,14-12-,20-18-,26-24-,32-30-,41-39-,47-45-. The number of hydrogen-bond donors (Lipinski definition) is 2. The number of unbranched alkanes of at least 4 members (excludes halogenated alkanes) is 38. The van der Waals surface area contributed by atoms with Gasteiger partial charge in [-0.05, 0) is 70.6 Å². The van der Waals surface area contributed by atoms with Gasteiger partial charge in [0.15, 0.2) is 6.10 Å². The quantitative estimate of drug-likeness (QED) is 0.0264. The van der Waals surface area contributed by atoms with Crippen LogP contribution in [0.3, 0.4) is 0 Å². The van der Waals surface area contributed by atoms with Crippen LogP contribution in [0.25, 0.3) is 0 Å². The normalized spacial score (nSPS) is 13.5. The Bertz CT molecular complexity index is 1620. The number of carbonyl (C=O) groups is 2. The summed E-state index contributed by atoms with van der Waals surface area (Å²) in [4.78, 5) is 35.3. The van der Waals surface area contributed by atoms with Crippen LogP contribution in [0.2, 0.25) is 0 Å². The molecule has 3 N–H and O–H groups in total. The van der Waals surface area contributed by atoms with E-state index in [1.54, 1.807) is 0 Å². The molecule has 0 fully saturated rings. The van der Waals surface area contributed by atoms with E-state index in [0.29, 0.717) is 6.42 Å². The number of hydrogen-bond acceptors (Lipinski definition) is 8. The lowest BCUT2D eigenvalue weighted by molar-refractivity contribution is -0.161. The van der Waals surface area contributed by atoms with Gasteiger partial charge in [0.05, 0.1) is 13.2 Å². The van der Waals surface area contributed by atoms with E-state index in [0.717, 1.165) is 89.9 Å². The molecule has 0 aliphatic heterocycles. The van der Waals surface area contributed by atoms with Crippen molar-refractivity contribution in [3.8, 4) is 0 Å². The molecule has 2 atom stereocenters. The highest BCUT2D eigenvalue weighted by Gasteiger charge is 2.26. The lowest BCUT2D eigenvalue weighted by atomic mass is 10.0. The Balaban J connectivity index is 3.90. The largest absolute Gasteiger partial charge is 0.472 e. The summed E-state index contributed by atoms with van der Waals surface area (Å²) in [5, 5.41) is 0. The van der Waals surface area contributed by atoms with Gasteiger partial charge >= 0.3 is 19.8 Å². The molecule has 10 heteroatoms. The van der Waals surface area contributed by atoms with E-state index in [-0.39, 0.29) is 38.6 Å². The predicted octanol–water partition coefficient (Wildman–Crippen LogP) is 22.6. The van der Waals surface area contributed by atoms with Crippen molar-refractivity contribution in [2.45, 2.75) is 335 Å². The Morgan fingerprint density at radius 1 is 0.378 bits per heavy atom. The fourth-order valence-corrected chi connectivity index (χ4v) is 10.7. The first kappa shape index (κ1) is 79.2. The molecule has 9 nitrogen and oxygen atoms in total. The fourth-order valence-electron chi connectivity index (χ4n) is 9.97. The first-order valence-electron chi connectivity index (χ1n) is 34.6. The van der Waals surface area contributed by atoms with Crippen molar-refractivity contribution in [3.63, 3.8) is 0 Å². The SMILES string of the molecule is CC/C=C\C/C=C\C/C=C\C/C=C\C/C=C\C/C=C\C/C=C\CCCCCCCCCC(=O)OC(COC(=O)CCCCCCCCCCCCCCCCCCCCCCCCCCCCCCCCCC)COP(=O)(O)OCCN. The van der Waals surface area contributed by atoms with Gasteiger partial charge in [-0.25, -0.2) is 4.57 Å². The highest BCUT2D eigenvalue weighted by molar-refractivity contribution is 7.47. The number of allylic oxidation sites excluding steroid dienone is 14. The van der Waals surface area contributed by atoms with Gasteiger partial charge in [0.25, 0.3) is 0 Å². The third kappa shape index (κ3) is 66.3. The average Bonchev–Trinajstić information content (AvgIpc) is 3.48. The summed E-state index contributed by atoms with van der Waals surface area (Å²) in [5.74, 6) is -0.831. The Kier molecular flexibility index (Phi) is 65.0. The topological polar surface area (TPSA) is 134 Å². The molecule has 0 saturated carbocycles. The Morgan fingerprint density at radius 3 is 1.00 bits per heavy atom. The number of phosphoric acid groups is 1. The summed E-state index contributed by atoms with van der Waals surface area (Å²) in [5.41, 5.74) is 5.40. The molecule has 0 aromatic carbocycles. The van der Waals surface area contributed by atoms with Crippen molar-refractivity contribution in [1.29, 1.82) is 0 Å². The summed E-state index contributed by atoms with van der Waals surface area (Å²) >= 11 is 0. The van der Waals surface area contributed by atoms with Gasteiger partial charge < -0.3 is 20.1 Å². The Labute approximate surface area is 506 Å². The molecule has 0 saturated heterocycles. The number of carbonyl (C=O) groups excluding carboxylic acids is 2. The number of phosphoric ester groups is 1. The van der Waals surface area contributed by atoms with Crippen LogP contribution in [-0.4, -0.2) is 49.3 Å². The molecular weight excluding hydrogens is 1040 g/mol. The van der Waals surface area contributed by atoms with Gasteiger partial charge in [-0.3, -0.25) is 18.6 Å². The van der Waals surface area contributed by atoms with Crippen molar-refractivity contribution >= 4 is 19.8 Å². The van der Waals surface area contributed by atoms with Crippen molar-refractivity contribution < 1.29 is 37.6 Å². The molecule has 0 radical (unpaired) electrons. The predicted molar refractivity (Wildman–Crippen MR) is 353 cm³/mol. The maximum Gasteiger partial charge on any atom is 0.472 e. The van der Waals surface area contributed by atoms with Crippen molar-refractivity contribution in [2.75, 3.05) is 26.4 Å². The minimum atomic E-state index is -4.40. The second-order valence-corrected chi connectivity index (χ2v) is 24.5. The van der Waals surface area contributed by atoms with Crippen LogP contribution in [0.4, 0.5) is 0 Å². The molecule has 82 heavy (non-hydrogen) atoms. The van der Waals surface area contributed by atoms with Gasteiger partial charge in [-0.2, -0.15) is 0 Å². The summed E-state index contributed by atoms with van der Waals surface area (Å²) in [6, 6.07) is 0. The second-order valence-electron chi connectivity index (χ2n) is 23.0. The van der Waals surface area contributed by atoms with E-state index < -0.39 is 26.5 Å². The molecule has 0 aliphatic rings. The van der Waals surface area contributed by atoms with E-state index in [9.17, 15) is 19.0 Å². The zero-order valence-electron chi connectivity index (χ0n) is 53.5. The van der Waals surface area contributed by atoms with Crippen LogP contribution in [-0.2, 0) is 32.7 Å². The first-order valence-corrected chi connectivity index (χ1v) is 36.1. The van der Waals surface area contributed by atoms with Gasteiger partial charge in [0.1, 0.15) is 6.61 Å². The smallest absolute Gasteiger partial charge is 0.462 e. The lowest BCUT2D eigenvalue weighted by Gasteiger charge is -2.19. The molecule has 0 heterocycles. The molecule has 0 aromatic heterocycles. The lowest BCUT2D eigenvalue weighted by Crippen LogP contribution is -2.29. The van der Waals surface area contributed by atoms with Gasteiger partial charge in [-0.1, -0.05) is 330 Å². The van der Waals surface area contributed by atoms with Crippen molar-refractivity contribution in [2.24, 2.45) is 5.73 Å². The van der Waals surface area contributed by atoms with Crippen LogP contribution < -0.4 is 5.73 Å². The highest BCUT2D eigenvalue weighted by Crippen LogP contribution is 2.43. The molecule has 0 aromatic rings. The molecule has 2 unspecified atom stereocenters. The number of rotatable bonds is 65. The first-order chi connectivity index (χ1) is 40.3. The van der Waals surface area contributed by atoms with E-state index in [1.165, 1.54) is 205 Å². The summed E-state index contributed by atoms with van der Waals surface area (Å²) in [6.07, 6.45) is 89.6. The number of nitrogens with two attached hydrogens (primary N) is 1. The van der Waals surface area contributed by atoms with E-state index in [4.69, 9.17) is 24.3 Å². The Morgan fingerprint density at radius 2 is 0.671 bits per heavy atom. The maximum atomic E-state index is 12.8. The molecule has 476 valence electrons.